The lowest BCUT2D eigenvalue weighted by Crippen LogP contribution is -2.15. The topological polar surface area (TPSA) is 90.7 Å². The molecule has 0 amide bonds. The molecule has 2 heterocycles. The fourth-order valence-electron chi connectivity index (χ4n) is 2.92. The molecule has 0 radical (unpaired) electrons. The van der Waals surface area contributed by atoms with Crippen LogP contribution in [0.3, 0.4) is 0 Å². The number of hydrogen-bond acceptors (Lipinski definition) is 6. The second-order valence-corrected chi connectivity index (χ2v) is 6.27. The van der Waals surface area contributed by atoms with E-state index in [-0.39, 0.29) is 11.8 Å². The summed E-state index contributed by atoms with van der Waals surface area (Å²) in [5, 5.41) is 7.68. The molecule has 4 rings (SSSR count). The molecule has 2 aromatic heterocycles. The SMILES string of the molecule is Nc1ncc(-c2nnc(C(F)F)o2)c(C2(c3cccc(Cl)c3)CC2)n1. The van der Waals surface area contributed by atoms with Crippen LogP contribution in [0.1, 0.15) is 36.4 Å². The second kappa shape index (κ2) is 5.73. The van der Waals surface area contributed by atoms with Gasteiger partial charge in [-0.3, -0.25) is 0 Å². The van der Waals surface area contributed by atoms with Crippen molar-refractivity contribution in [3.05, 3.63) is 52.6 Å². The number of halogens is 3. The third kappa shape index (κ3) is 2.72. The van der Waals surface area contributed by atoms with E-state index in [4.69, 9.17) is 21.8 Å². The maximum Gasteiger partial charge on any atom is 0.314 e. The van der Waals surface area contributed by atoms with Crippen molar-refractivity contribution >= 4 is 17.5 Å². The van der Waals surface area contributed by atoms with Crippen LogP contribution in [0.15, 0.2) is 34.9 Å². The predicted octanol–water partition coefficient (Wildman–Crippen LogP) is 3.78. The standard InChI is InChI=1S/C16H12ClF2N5O/c17-9-3-1-2-8(6-9)16(4-5-16)11-10(7-21-15(20)22-11)13-23-24-14(25-13)12(18)19/h1-3,6-7,12H,4-5H2,(H2,20,21,22). The van der Waals surface area contributed by atoms with Crippen molar-refractivity contribution in [2.75, 3.05) is 5.73 Å². The Labute approximate surface area is 146 Å². The third-order valence-corrected chi connectivity index (χ3v) is 4.48. The highest BCUT2D eigenvalue weighted by molar-refractivity contribution is 6.30. The van der Waals surface area contributed by atoms with E-state index in [2.05, 4.69) is 20.2 Å². The van der Waals surface area contributed by atoms with Crippen molar-refractivity contribution in [1.82, 2.24) is 20.2 Å². The molecule has 0 unspecified atom stereocenters. The summed E-state index contributed by atoms with van der Waals surface area (Å²) in [4.78, 5) is 8.30. The summed E-state index contributed by atoms with van der Waals surface area (Å²) in [6.07, 6.45) is 0.201. The van der Waals surface area contributed by atoms with Gasteiger partial charge in [0.15, 0.2) is 0 Å². The van der Waals surface area contributed by atoms with Gasteiger partial charge in [0.2, 0.25) is 5.95 Å². The summed E-state index contributed by atoms with van der Waals surface area (Å²) in [5.41, 5.74) is 7.27. The molecule has 6 nitrogen and oxygen atoms in total. The van der Waals surface area contributed by atoms with Crippen molar-refractivity contribution in [2.24, 2.45) is 0 Å². The smallest absolute Gasteiger partial charge is 0.314 e. The summed E-state index contributed by atoms with van der Waals surface area (Å²) in [6, 6.07) is 7.43. The van der Waals surface area contributed by atoms with Gasteiger partial charge in [-0.2, -0.15) is 8.78 Å². The zero-order valence-corrected chi connectivity index (χ0v) is 13.5. The predicted molar refractivity (Wildman–Crippen MR) is 86.2 cm³/mol. The van der Waals surface area contributed by atoms with Crippen LogP contribution in [-0.2, 0) is 5.41 Å². The van der Waals surface area contributed by atoms with E-state index in [0.29, 0.717) is 16.3 Å². The number of benzene rings is 1. The Hall–Kier alpha value is -2.61. The Kier molecular flexibility index (Phi) is 3.64. The van der Waals surface area contributed by atoms with E-state index in [1.807, 2.05) is 18.2 Å². The normalized spacial score (nSPS) is 15.5. The van der Waals surface area contributed by atoms with Crippen LogP contribution in [-0.4, -0.2) is 20.2 Å². The van der Waals surface area contributed by atoms with Crippen molar-refractivity contribution < 1.29 is 13.2 Å². The summed E-state index contributed by atoms with van der Waals surface area (Å²) in [6.45, 7) is 0. The summed E-state index contributed by atoms with van der Waals surface area (Å²) in [5.74, 6) is -0.718. The molecule has 0 bridgehead atoms. The molecule has 128 valence electrons. The van der Waals surface area contributed by atoms with Gasteiger partial charge in [-0.1, -0.05) is 23.7 Å². The first-order valence-electron chi connectivity index (χ1n) is 7.50. The van der Waals surface area contributed by atoms with Gasteiger partial charge in [0, 0.05) is 16.6 Å². The molecular formula is C16H12ClF2N5O. The molecule has 25 heavy (non-hydrogen) atoms. The fourth-order valence-corrected chi connectivity index (χ4v) is 3.11. The van der Waals surface area contributed by atoms with Crippen LogP contribution < -0.4 is 5.73 Å². The van der Waals surface area contributed by atoms with Crippen molar-refractivity contribution in [1.29, 1.82) is 0 Å². The molecule has 1 aliphatic rings. The Morgan fingerprint density at radius 3 is 2.68 bits per heavy atom. The first kappa shape index (κ1) is 15.9. The molecule has 9 heteroatoms. The molecule has 1 aromatic carbocycles. The van der Waals surface area contributed by atoms with Gasteiger partial charge >= 0.3 is 6.43 Å². The zero-order chi connectivity index (χ0) is 17.6. The number of nitrogen functional groups attached to an aromatic ring is 1. The van der Waals surface area contributed by atoms with Crippen molar-refractivity contribution in [3.63, 3.8) is 0 Å². The van der Waals surface area contributed by atoms with Crippen LogP contribution in [0, 0.1) is 0 Å². The van der Waals surface area contributed by atoms with E-state index in [1.165, 1.54) is 6.20 Å². The highest BCUT2D eigenvalue weighted by atomic mass is 35.5. The van der Waals surface area contributed by atoms with E-state index in [0.717, 1.165) is 18.4 Å². The summed E-state index contributed by atoms with van der Waals surface area (Å²) in [7, 11) is 0. The van der Waals surface area contributed by atoms with Crippen LogP contribution in [0.4, 0.5) is 14.7 Å². The lowest BCUT2D eigenvalue weighted by atomic mass is 9.89. The van der Waals surface area contributed by atoms with Gasteiger partial charge in [-0.05, 0) is 30.5 Å². The van der Waals surface area contributed by atoms with Gasteiger partial charge in [0.1, 0.15) is 0 Å². The highest BCUT2D eigenvalue weighted by Gasteiger charge is 2.49. The fraction of sp³-hybridized carbons (Fsp3) is 0.250. The van der Waals surface area contributed by atoms with Crippen LogP contribution in [0.5, 0.6) is 0 Å². The molecule has 1 fully saturated rings. The van der Waals surface area contributed by atoms with E-state index < -0.39 is 17.7 Å². The van der Waals surface area contributed by atoms with Gasteiger partial charge in [0.25, 0.3) is 11.8 Å². The first-order valence-corrected chi connectivity index (χ1v) is 7.88. The second-order valence-electron chi connectivity index (χ2n) is 5.83. The lowest BCUT2D eigenvalue weighted by molar-refractivity contribution is 0.116. The van der Waals surface area contributed by atoms with Gasteiger partial charge in [0.05, 0.1) is 11.3 Å². The van der Waals surface area contributed by atoms with Crippen LogP contribution in [0.25, 0.3) is 11.5 Å². The Morgan fingerprint density at radius 2 is 2.04 bits per heavy atom. The quantitative estimate of drug-likeness (QED) is 0.758. The number of anilines is 1. The minimum atomic E-state index is -2.85. The van der Waals surface area contributed by atoms with Gasteiger partial charge < -0.3 is 10.2 Å². The largest absolute Gasteiger partial charge is 0.415 e. The van der Waals surface area contributed by atoms with E-state index >= 15 is 0 Å². The van der Waals surface area contributed by atoms with Crippen molar-refractivity contribution in [2.45, 2.75) is 24.7 Å². The number of alkyl halides is 2. The summed E-state index contributed by atoms with van der Waals surface area (Å²) < 4.78 is 30.6. The minimum Gasteiger partial charge on any atom is -0.415 e. The first-order chi connectivity index (χ1) is 12.0. The molecule has 0 saturated heterocycles. The molecule has 0 aliphatic heterocycles. The molecule has 2 N–H and O–H groups in total. The Bertz CT molecular complexity index is 942. The van der Waals surface area contributed by atoms with Gasteiger partial charge in [-0.15, -0.1) is 10.2 Å². The monoisotopic (exact) mass is 363 g/mol. The number of rotatable bonds is 4. The molecular weight excluding hydrogens is 352 g/mol. The molecule has 1 aliphatic carbocycles. The molecule has 1 saturated carbocycles. The molecule has 0 atom stereocenters. The summed E-state index contributed by atoms with van der Waals surface area (Å²) >= 11 is 6.11. The number of nitrogens with zero attached hydrogens (tertiary/aromatic N) is 4. The molecule has 3 aromatic rings. The number of nitrogens with two attached hydrogens (primary N) is 1. The van der Waals surface area contributed by atoms with E-state index in [1.54, 1.807) is 6.07 Å². The maximum atomic E-state index is 12.8. The number of hydrogen-bond donors (Lipinski definition) is 1. The molecule has 0 spiro atoms. The average molecular weight is 364 g/mol. The maximum absolute atomic E-state index is 12.8. The van der Waals surface area contributed by atoms with Crippen molar-refractivity contribution in [3.8, 4) is 11.5 Å². The van der Waals surface area contributed by atoms with E-state index in [9.17, 15) is 8.78 Å². The lowest BCUT2D eigenvalue weighted by Gasteiger charge is -2.18. The third-order valence-electron chi connectivity index (χ3n) is 4.25. The van der Waals surface area contributed by atoms with Crippen LogP contribution >= 0.6 is 11.6 Å². The Morgan fingerprint density at radius 1 is 1.24 bits per heavy atom. The number of aromatic nitrogens is 4. The minimum absolute atomic E-state index is 0.0568. The average Bonchev–Trinajstić information content (AvgIpc) is 3.25. The van der Waals surface area contributed by atoms with Gasteiger partial charge in [-0.25, -0.2) is 9.97 Å². The Balaban J connectivity index is 1.86. The zero-order valence-electron chi connectivity index (χ0n) is 12.8. The highest BCUT2D eigenvalue weighted by Crippen LogP contribution is 2.55. The van der Waals surface area contributed by atoms with Crippen LogP contribution in [0.2, 0.25) is 5.02 Å².